The quantitative estimate of drug-likeness (QED) is 0.801. The van der Waals surface area contributed by atoms with Gasteiger partial charge in [-0.25, -0.2) is 0 Å². The fraction of sp³-hybridized carbons (Fsp3) is 0.867. The number of hydrogen-bond donors (Lipinski definition) is 1. The van der Waals surface area contributed by atoms with Gasteiger partial charge in [0.25, 0.3) is 0 Å². The first-order chi connectivity index (χ1) is 8.69. The molecule has 0 aromatic rings. The van der Waals surface area contributed by atoms with Gasteiger partial charge in [-0.2, -0.15) is 0 Å². The maximum absolute atomic E-state index is 12.1. The average Bonchev–Trinajstić information content (AvgIpc) is 2.26. The minimum absolute atomic E-state index is 0.0475. The predicted molar refractivity (Wildman–Crippen MR) is 74.6 cm³/mol. The van der Waals surface area contributed by atoms with Gasteiger partial charge in [0.05, 0.1) is 5.92 Å². The normalized spacial score (nSPS) is 24.1. The molecular weight excluding hydrogens is 242 g/mol. The van der Waals surface area contributed by atoms with E-state index in [1.165, 1.54) is 0 Å². The molecule has 0 aliphatic heterocycles. The summed E-state index contributed by atoms with van der Waals surface area (Å²) in [5.74, 6) is -0.262. The minimum Gasteiger partial charge on any atom is -0.460 e. The molecule has 4 nitrogen and oxygen atoms in total. The first kappa shape index (κ1) is 16.0. The molecule has 0 radical (unpaired) electrons. The lowest BCUT2D eigenvalue weighted by atomic mass is 9.81. The number of ether oxygens (including phenoxy) is 1. The van der Waals surface area contributed by atoms with Crippen LogP contribution < -0.4 is 5.32 Å². The van der Waals surface area contributed by atoms with Gasteiger partial charge in [0.2, 0.25) is 5.91 Å². The van der Waals surface area contributed by atoms with Crippen molar-refractivity contribution in [2.45, 2.75) is 71.9 Å². The molecule has 1 amide bonds. The third-order valence-electron chi connectivity index (χ3n) is 3.22. The monoisotopic (exact) mass is 269 g/mol. The van der Waals surface area contributed by atoms with E-state index < -0.39 is 5.60 Å². The Kier molecular flexibility index (Phi) is 5.39. The molecule has 110 valence electrons. The van der Waals surface area contributed by atoms with Crippen molar-refractivity contribution in [3.05, 3.63) is 0 Å². The van der Waals surface area contributed by atoms with Crippen LogP contribution >= 0.6 is 0 Å². The highest BCUT2D eigenvalue weighted by Crippen LogP contribution is 2.31. The van der Waals surface area contributed by atoms with Gasteiger partial charge < -0.3 is 10.1 Å². The fourth-order valence-corrected chi connectivity index (χ4v) is 2.43. The first-order valence-electron chi connectivity index (χ1n) is 7.22. The molecule has 0 bridgehead atoms. The van der Waals surface area contributed by atoms with Crippen molar-refractivity contribution >= 4 is 11.9 Å². The zero-order valence-electron chi connectivity index (χ0n) is 12.8. The molecule has 0 saturated heterocycles. The van der Waals surface area contributed by atoms with E-state index in [4.69, 9.17) is 4.74 Å². The summed E-state index contributed by atoms with van der Waals surface area (Å²) in [5.41, 5.74) is -0.454. The number of nitrogens with one attached hydrogen (secondary N) is 1. The van der Waals surface area contributed by atoms with Crippen LogP contribution in [0, 0.1) is 11.8 Å². The van der Waals surface area contributed by atoms with Crippen molar-refractivity contribution in [3.63, 3.8) is 0 Å². The summed E-state index contributed by atoms with van der Waals surface area (Å²) < 4.78 is 5.42. The number of hydrogen-bond acceptors (Lipinski definition) is 3. The SMILES string of the molecule is CC(C)NC(=O)C1CCCC(C(=O)OC(C)(C)C)C1. The lowest BCUT2D eigenvalue weighted by Crippen LogP contribution is -2.39. The number of rotatable bonds is 3. The predicted octanol–water partition coefficient (Wildman–Crippen LogP) is 2.66. The highest BCUT2D eigenvalue weighted by atomic mass is 16.6. The van der Waals surface area contributed by atoms with Gasteiger partial charge in [-0.3, -0.25) is 9.59 Å². The molecule has 0 heterocycles. The van der Waals surface area contributed by atoms with Gasteiger partial charge in [-0.05, 0) is 53.9 Å². The van der Waals surface area contributed by atoms with Gasteiger partial charge in [-0.1, -0.05) is 6.42 Å². The van der Waals surface area contributed by atoms with E-state index >= 15 is 0 Å². The largest absolute Gasteiger partial charge is 0.460 e. The standard InChI is InChI=1S/C15H27NO3/c1-10(2)16-13(17)11-7-6-8-12(9-11)14(18)19-15(3,4)5/h10-12H,6-9H2,1-5H3,(H,16,17). The van der Waals surface area contributed by atoms with Crippen molar-refractivity contribution in [1.29, 1.82) is 0 Å². The van der Waals surface area contributed by atoms with E-state index in [9.17, 15) is 9.59 Å². The molecule has 19 heavy (non-hydrogen) atoms. The Bertz CT molecular complexity index is 331. The molecule has 1 saturated carbocycles. The molecule has 1 rings (SSSR count). The summed E-state index contributed by atoms with van der Waals surface area (Å²) in [4.78, 5) is 24.0. The van der Waals surface area contributed by atoms with Crippen molar-refractivity contribution in [1.82, 2.24) is 5.32 Å². The van der Waals surface area contributed by atoms with E-state index in [1.54, 1.807) is 0 Å². The minimum atomic E-state index is -0.454. The molecule has 4 heteroatoms. The number of carbonyl (C=O) groups excluding carboxylic acids is 2. The second kappa shape index (κ2) is 6.40. The molecule has 2 unspecified atom stereocenters. The van der Waals surface area contributed by atoms with Crippen molar-refractivity contribution in [3.8, 4) is 0 Å². The Morgan fingerprint density at radius 2 is 1.74 bits per heavy atom. The number of esters is 1. The van der Waals surface area contributed by atoms with Crippen LogP contribution in [0.1, 0.15) is 60.3 Å². The Morgan fingerprint density at radius 3 is 2.26 bits per heavy atom. The first-order valence-corrected chi connectivity index (χ1v) is 7.22. The maximum Gasteiger partial charge on any atom is 0.309 e. The molecular formula is C15H27NO3. The molecule has 1 aliphatic rings. The smallest absolute Gasteiger partial charge is 0.309 e. The van der Waals surface area contributed by atoms with Gasteiger partial charge in [0.15, 0.2) is 0 Å². The van der Waals surface area contributed by atoms with Crippen molar-refractivity contribution in [2.75, 3.05) is 0 Å². The summed E-state index contributed by atoms with van der Waals surface area (Å²) in [7, 11) is 0. The third kappa shape index (κ3) is 5.62. The Hall–Kier alpha value is -1.06. The van der Waals surface area contributed by atoms with Gasteiger partial charge in [-0.15, -0.1) is 0 Å². The summed E-state index contributed by atoms with van der Waals surface area (Å²) in [6.07, 6.45) is 3.24. The Morgan fingerprint density at radius 1 is 1.16 bits per heavy atom. The Balaban J connectivity index is 2.54. The van der Waals surface area contributed by atoms with Crippen LogP contribution in [0.2, 0.25) is 0 Å². The molecule has 0 spiro atoms. The van der Waals surface area contributed by atoms with E-state index in [2.05, 4.69) is 5.32 Å². The van der Waals surface area contributed by atoms with E-state index in [1.807, 2.05) is 34.6 Å². The van der Waals surface area contributed by atoms with Gasteiger partial charge in [0.1, 0.15) is 5.60 Å². The van der Waals surface area contributed by atoms with Gasteiger partial charge in [0, 0.05) is 12.0 Å². The molecule has 1 N–H and O–H groups in total. The summed E-state index contributed by atoms with van der Waals surface area (Å²) in [6.45, 7) is 9.52. The maximum atomic E-state index is 12.1. The van der Waals surface area contributed by atoms with Crippen LogP contribution in [-0.2, 0) is 14.3 Å². The lowest BCUT2D eigenvalue weighted by Gasteiger charge is -2.30. The second-order valence-electron chi connectivity index (χ2n) is 6.76. The van der Waals surface area contributed by atoms with Crippen LogP contribution in [-0.4, -0.2) is 23.5 Å². The van der Waals surface area contributed by atoms with Crippen LogP contribution in [0.4, 0.5) is 0 Å². The summed E-state index contributed by atoms with van der Waals surface area (Å²) in [5, 5.41) is 2.93. The van der Waals surface area contributed by atoms with Crippen LogP contribution in [0.5, 0.6) is 0 Å². The van der Waals surface area contributed by atoms with Crippen molar-refractivity contribution in [2.24, 2.45) is 11.8 Å². The van der Waals surface area contributed by atoms with Crippen LogP contribution in [0.15, 0.2) is 0 Å². The molecule has 2 atom stereocenters. The highest BCUT2D eigenvalue weighted by molar-refractivity contribution is 5.80. The molecule has 1 aliphatic carbocycles. The zero-order valence-corrected chi connectivity index (χ0v) is 12.8. The third-order valence-corrected chi connectivity index (χ3v) is 3.22. The van der Waals surface area contributed by atoms with E-state index in [0.717, 1.165) is 19.3 Å². The molecule has 1 fully saturated rings. The molecule has 0 aromatic carbocycles. The van der Waals surface area contributed by atoms with E-state index in [-0.39, 0.29) is 29.8 Å². The average molecular weight is 269 g/mol. The number of carbonyl (C=O) groups is 2. The fourth-order valence-electron chi connectivity index (χ4n) is 2.43. The van der Waals surface area contributed by atoms with Crippen LogP contribution in [0.3, 0.4) is 0 Å². The lowest BCUT2D eigenvalue weighted by molar-refractivity contribution is -0.161. The number of amides is 1. The summed E-state index contributed by atoms with van der Waals surface area (Å²) in [6, 6.07) is 0.148. The second-order valence-corrected chi connectivity index (χ2v) is 6.76. The molecule has 0 aromatic heterocycles. The zero-order chi connectivity index (χ0) is 14.6. The van der Waals surface area contributed by atoms with Crippen molar-refractivity contribution < 1.29 is 14.3 Å². The highest BCUT2D eigenvalue weighted by Gasteiger charge is 2.33. The van der Waals surface area contributed by atoms with E-state index in [0.29, 0.717) is 6.42 Å². The Labute approximate surface area is 116 Å². The topological polar surface area (TPSA) is 55.4 Å². The van der Waals surface area contributed by atoms with Crippen LogP contribution in [0.25, 0.3) is 0 Å². The summed E-state index contributed by atoms with van der Waals surface area (Å²) >= 11 is 0. The van der Waals surface area contributed by atoms with Gasteiger partial charge >= 0.3 is 5.97 Å².